The summed E-state index contributed by atoms with van der Waals surface area (Å²) in [6.07, 6.45) is 3.88. The van der Waals surface area contributed by atoms with E-state index in [1.165, 1.54) is 0 Å². The van der Waals surface area contributed by atoms with Crippen molar-refractivity contribution in [3.8, 4) is 0 Å². The Morgan fingerprint density at radius 3 is 2.80 bits per heavy atom. The van der Waals surface area contributed by atoms with Gasteiger partial charge in [0.1, 0.15) is 6.04 Å². The van der Waals surface area contributed by atoms with Crippen molar-refractivity contribution in [2.45, 2.75) is 26.3 Å². The molecule has 2 N–H and O–H groups in total. The van der Waals surface area contributed by atoms with E-state index >= 15 is 0 Å². The number of nitrogens with one attached hydrogen (secondary N) is 1. The zero-order chi connectivity index (χ0) is 11.3. The third-order valence-corrected chi connectivity index (χ3v) is 2.01. The van der Waals surface area contributed by atoms with Gasteiger partial charge in [0.05, 0.1) is 5.69 Å². The lowest BCUT2D eigenvalue weighted by Gasteiger charge is -2.17. The number of aliphatic carboxylic acids is 1. The van der Waals surface area contributed by atoms with Crippen molar-refractivity contribution in [1.29, 1.82) is 0 Å². The number of rotatable bonds is 5. The fourth-order valence-electron chi connectivity index (χ4n) is 1.34. The number of hydrogen-bond acceptors (Lipinski definition) is 3. The summed E-state index contributed by atoms with van der Waals surface area (Å²) in [6, 6.07) is 3.04. The molecule has 1 unspecified atom stereocenters. The number of pyridine rings is 1. The average Bonchev–Trinajstić information content (AvgIpc) is 2.17. The van der Waals surface area contributed by atoms with Gasteiger partial charge in [0.25, 0.3) is 0 Å². The molecule has 1 atom stereocenters. The molecule has 15 heavy (non-hydrogen) atoms. The number of aromatic nitrogens is 1. The minimum absolute atomic E-state index is 0.343. The van der Waals surface area contributed by atoms with E-state index in [0.29, 0.717) is 12.3 Å². The maximum atomic E-state index is 11.0. The van der Waals surface area contributed by atoms with Gasteiger partial charge >= 0.3 is 5.97 Å². The first-order valence-electron chi connectivity index (χ1n) is 4.99. The standard InChI is InChI=1S/C11H16N2O2/c1-8(2)6-10(11(14)15)13-9-4-3-5-12-7-9/h3-5,7-8,10,13H,6H2,1-2H3,(H,14,15). The van der Waals surface area contributed by atoms with Crippen LogP contribution in [0.3, 0.4) is 0 Å². The predicted molar refractivity (Wildman–Crippen MR) is 58.7 cm³/mol. The van der Waals surface area contributed by atoms with Crippen molar-refractivity contribution < 1.29 is 9.90 Å². The molecule has 1 aromatic rings. The Labute approximate surface area is 89.3 Å². The van der Waals surface area contributed by atoms with Crippen LogP contribution >= 0.6 is 0 Å². The molecule has 82 valence electrons. The quantitative estimate of drug-likeness (QED) is 0.776. The van der Waals surface area contributed by atoms with Gasteiger partial charge in [0, 0.05) is 12.4 Å². The molecular formula is C11H16N2O2. The van der Waals surface area contributed by atoms with Crippen molar-refractivity contribution in [1.82, 2.24) is 4.98 Å². The van der Waals surface area contributed by atoms with Gasteiger partial charge in [0.2, 0.25) is 0 Å². The van der Waals surface area contributed by atoms with Crippen LogP contribution in [0.4, 0.5) is 5.69 Å². The first kappa shape index (κ1) is 11.5. The Morgan fingerprint density at radius 1 is 1.60 bits per heavy atom. The van der Waals surface area contributed by atoms with Gasteiger partial charge in [-0.3, -0.25) is 4.98 Å². The molecule has 0 radical (unpaired) electrons. The zero-order valence-electron chi connectivity index (χ0n) is 8.97. The normalized spacial score (nSPS) is 12.5. The van der Waals surface area contributed by atoms with Gasteiger partial charge in [-0.15, -0.1) is 0 Å². The number of carbonyl (C=O) groups is 1. The molecule has 1 aromatic heterocycles. The highest BCUT2D eigenvalue weighted by Gasteiger charge is 2.18. The second-order valence-corrected chi connectivity index (χ2v) is 3.91. The molecule has 0 aliphatic carbocycles. The lowest BCUT2D eigenvalue weighted by Crippen LogP contribution is -2.30. The largest absolute Gasteiger partial charge is 0.480 e. The third kappa shape index (κ3) is 3.97. The number of nitrogens with zero attached hydrogens (tertiary/aromatic N) is 1. The van der Waals surface area contributed by atoms with E-state index < -0.39 is 12.0 Å². The highest BCUT2D eigenvalue weighted by atomic mass is 16.4. The second kappa shape index (κ2) is 5.34. The number of hydrogen-bond donors (Lipinski definition) is 2. The van der Waals surface area contributed by atoms with Gasteiger partial charge in [-0.2, -0.15) is 0 Å². The molecule has 0 fully saturated rings. The van der Waals surface area contributed by atoms with Crippen molar-refractivity contribution in [2.24, 2.45) is 5.92 Å². The van der Waals surface area contributed by atoms with E-state index in [1.54, 1.807) is 18.5 Å². The maximum Gasteiger partial charge on any atom is 0.326 e. The van der Waals surface area contributed by atoms with Crippen LogP contribution in [0.25, 0.3) is 0 Å². The fourth-order valence-corrected chi connectivity index (χ4v) is 1.34. The number of carboxylic acids is 1. The van der Waals surface area contributed by atoms with Crippen LogP contribution in [0.1, 0.15) is 20.3 Å². The van der Waals surface area contributed by atoms with E-state index in [2.05, 4.69) is 10.3 Å². The van der Waals surface area contributed by atoms with Gasteiger partial charge < -0.3 is 10.4 Å². The summed E-state index contributed by atoms with van der Waals surface area (Å²) in [5.41, 5.74) is 0.741. The van der Waals surface area contributed by atoms with Crippen molar-refractivity contribution in [2.75, 3.05) is 5.32 Å². The van der Waals surface area contributed by atoms with Crippen molar-refractivity contribution >= 4 is 11.7 Å². The van der Waals surface area contributed by atoms with Crippen molar-refractivity contribution in [3.63, 3.8) is 0 Å². The van der Waals surface area contributed by atoms with Gasteiger partial charge in [-0.1, -0.05) is 13.8 Å². The molecule has 0 spiro atoms. The summed E-state index contributed by atoms with van der Waals surface area (Å²) in [7, 11) is 0. The highest BCUT2D eigenvalue weighted by Crippen LogP contribution is 2.11. The maximum absolute atomic E-state index is 11.0. The van der Waals surface area contributed by atoms with Gasteiger partial charge in [-0.05, 0) is 24.5 Å². The van der Waals surface area contributed by atoms with Gasteiger partial charge in [0.15, 0.2) is 0 Å². The Hall–Kier alpha value is -1.58. The van der Waals surface area contributed by atoms with E-state index in [0.717, 1.165) is 5.69 Å². The molecule has 0 saturated heterocycles. The second-order valence-electron chi connectivity index (χ2n) is 3.91. The first-order valence-corrected chi connectivity index (χ1v) is 4.99. The Kier molecular flexibility index (Phi) is 4.09. The monoisotopic (exact) mass is 208 g/mol. The fraction of sp³-hybridized carbons (Fsp3) is 0.455. The van der Waals surface area contributed by atoms with Crippen molar-refractivity contribution in [3.05, 3.63) is 24.5 Å². The molecule has 4 nitrogen and oxygen atoms in total. The SMILES string of the molecule is CC(C)CC(Nc1cccnc1)C(=O)O. The summed E-state index contributed by atoms with van der Waals surface area (Å²) >= 11 is 0. The summed E-state index contributed by atoms with van der Waals surface area (Å²) < 4.78 is 0. The van der Waals surface area contributed by atoms with E-state index in [-0.39, 0.29) is 0 Å². The number of anilines is 1. The molecule has 0 amide bonds. The van der Waals surface area contributed by atoms with Crippen LogP contribution in [-0.4, -0.2) is 22.1 Å². The molecule has 1 rings (SSSR count). The molecule has 1 heterocycles. The van der Waals surface area contributed by atoms with Crippen LogP contribution in [0.2, 0.25) is 0 Å². The zero-order valence-corrected chi connectivity index (χ0v) is 8.97. The summed E-state index contributed by atoms with van der Waals surface area (Å²) in [4.78, 5) is 14.9. The highest BCUT2D eigenvalue weighted by molar-refractivity contribution is 5.77. The first-order chi connectivity index (χ1) is 7.09. The van der Waals surface area contributed by atoms with Crippen LogP contribution in [0, 0.1) is 5.92 Å². The molecule has 0 aliphatic heterocycles. The van der Waals surface area contributed by atoms with E-state index in [4.69, 9.17) is 5.11 Å². The topological polar surface area (TPSA) is 62.2 Å². The summed E-state index contributed by atoms with van der Waals surface area (Å²) in [5.74, 6) is -0.483. The Bertz CT molecular complexity index is 312. The van der Waals surface area contributed by atoms with Crippen LogP contribution in [0.5, 0.6) is 0 Å². The third-order valence-electron chi connectivity index (χ3n) is 2.01. The average molecular weight is 208 g/mol. The lowest BCUT2D eigenvalue weighted by molar-refractivity contribution is -0.138. The smallest absolute Gasteiger partial charge is 0.326 e. The minimum atomic E-state index is -0.826. The molecule has 0 aliphatic rings. The molecule has 0 bridgehead atoms. The molecule has 4 heteroatoms. The molecule has 0 aromatic carbocycles. The Balaban J connectivity index is 2.63. The number of carboxylic acid groups (broad SMARTS) is 1. The van der Waals surface area contributed by atoms with Crippen LogP contribution in [-0.2, 0) is 4.79 Å². The van der Waals surface area contributed by atoms with Crippen LogP contribution in [0.15, 0.2) is 24.5 Å². The minimum Gasteiger partial charge on any atom is -0.480 e. The van der Waals surface area contributed by atoms with E-state index in [9.17, 15) is 4.79 Å². The molecule has 0 saturated carbocycles. The molecular weight excluding hydrogens is 192 g/mol. The van der Waals surface area contributed by atoms with Crippen LogP contribution < -0.4 is 5.32 Å². The predicted octanol–water partition coefficient (Wildman–Crippen LogP) is 1.99. The van der Waals surface area contributed by atoms with Gasteiger partial charge in [-0.25, -0.2) is 4.79 Å². The van der Waals surface area contributed by atoms with E-state index in [1.807, 2.05) is 19.9 Å². The lowest BCUT2D eigenvalue weighted by atomic mass is 10.0. The summed E-state index contributed by atoms with van der Waals surface area (Å²) in [6.45, 7) is 4.00. The Morgan fingerprint density at radius 2 is 2.33 bits per heavy atom. The summed E-state index contributed by atoms with van der Waals surface area (Å²) in [5, 5.41) is 11.9.